The Balaban J connectivity index is 1.55. The summed E-state index contributed by atoms with van der Waals surface area (Å²) in [4.78, 5) is 25.3. The molecule has 0 unspecified atom stereocenters. The maximum absolute atomic E-state index is 14.0. The van der Waals surface area contributed by atoms with Gasteiger partial charge in [0.25, 0.3) is 5.91 Å². The van der Waals surface area contributed by atoms with Gasteiger partial charge in [0, 0.05) is 35.5 Å². The Kier molecular flexibility index (Phi) is 5.04. The maximum atomic E-state index is 14.0. The molecule has 1 aliphatic heterocycles. The number of carbonyl (C=O) groups is 1. The number of amides is 1. The van der Waals surface area contributed by atoms with Crippen molar-refractivity contribution in [2.75, 3.05) is 4.90 Å². The van der Waals surface area contributed by atoms with Gasteiger partial charge in [0.1, 0.15) is 0 Å². The number of pyridine rings is 1. The molecule has 1 amide bonds. The monoisotopic (exact) mass is 441 g/mol. The van der Waals surface area contributed by atoms with E-state index in [-0.39, 0.29) is 17.5 Å². The number of hydrogen-bond donors (Lipinski definition) is 0. The van der Waals surface area contributed by atoms with E-state index in [1.807, 2.05) is 54.4 Å². The maximum Gasteiger partial charge on any atom is 0.260 e. The van der Waals surface area contributed by atoms with E-state index in [4.69, 9.17) is 10.1 Å². The minimum Gasteiger partial charge on any atom is -0.273 e. The molecule has 6 heteroatoms. The lowest BCUT2D eigenvalue weighted by Crippen LogP contribution is -2.61. The summed E-state index contributed by atoms with van der Waals surface area (Å²) in [6.07, 6.45) is 14.2. The molecule has 0 radical (unpaired) electrons. The third-order valence-electron chi connectivity index (χ3n) is 8.10. The lowest BCUT2D eigenvalue weighted by atomic mass is 9.64. The third kappa shape index (κ3) is 3.30. The summed E-state index contributed by atoms with van der Waals surface area (Å²) < 4.78 is 2.18. The number of benzene rings is 1. The van der Waals surface area contributed by atoms with E-state index in [9.17, 15) is 4.79 Å². The number of aromatic nitrogens is 4. The lowest BCUT2D eigenvalue weighted by molar-refractivity contribution is 0.0314. The van der Waals surface area contributed by atoms with E-state index in [1.54, 1.807) is 6.20 Å². The molecule has 2 atom stereocenters. The quantitative estimate of drug-likeness (QED) is 0.525. The minimum absolute atomic E-state index is 0.0322. The van der Waals surface area contributed by atoms with E-state index in [2.05, 4.69) is 9.67 Å². The third-order valence-corrected chi connectivity index (χ3v) is 8.10. The van der Waals surface area contributed by atoms with Crippen molar-refractivity contribution in [3.05, 3.63) is 59.9 Å². The van der Waals surface area contributed by atoms with Crippen LogP contribution in [0, 0.1) is 12.8 Å². The zero-order valence-corrected chi connectivity index (χ0v) is 19.3. The highest BCUT2D eigenvalue weighted by molar-refractivity contribution is 6.06. The van der Waals surface area contributed by atoms with Crippen LogP contribution in [0.1, 0.15) is 73.7 Å². The Morgan fingerprint density at radius 1 is 1.03 bits per heavy atom. The number of aryl methyl sites for hydroxylation is 1. The van der Waals surface area contributed by atoms with Gasteiger partial charge < -0.3 is 0 Å². The van der Waals surface area contributed by atoms with E-state index in [1.165, 1.54) is 32.1 Å². The van der Waals surface area contributed by atoms with Gasteiger partial charge in [0.15, 0.2) is 5.82 Å². The molecule has 1 spiro atoms. The average molecular weight is 442 g/mol. The molecular weight excluding hydrogens is 410 g/mol. The Morgan fingerprint density at radius 3 is 2.67 bits per heavy atom. The first-order chi connectivity index (χ1) is 16.2. The molecule has 2 saturated carbocycles. The molecule has 2 aromatic heterocycles. The van der Waals surface area contributed by atoms with Crippen molar-refractivity contribution in [2.24, 2.45) is 5.92 Å². The standard InChI is InChI=1S/C27H31N5O/c1-19-9-7-10-20(17-19)25(33)31-23-13-4-3-12-22(23)27(14-5-2-6-15-27)32-26(31)29-24(30-32)21-11-8-16-28-18-21/h7-11,16-18,22-23H,2-6,12-15H2,1H3/t22-,23+/m1/s1. The van der Waals surface area contributed by atoms with E-state index >= 15 is 0 Å². The Bertz CT molecular complexity index is 1160. The Labute approximate surface area is 195 Å². The number of anilines is 1. The van der Waals surface area contributed by atoms with Crippen LogP contribution in [-0.4, -0.2) is 31.7 Å². The first kappa shape index (κ1) is 20.6. The number of nitrogens with zero attached hydrogens (tertiary/aromatic N) is 5. The molecule has 1 aromatic carbocycles. The first-order valence-electron chi connectivity index (χ1n) is 12.5. The zero-order valence-electron chi connectivity index (χ0n) is 19.3. The van der Waals surface area contributed by atoms with Crippen LogP contribution in [0.3, 0.4) is 0 Å². The number of hydrogen-bond acceptors (Lipinski definition) is 4. The van der Waals surface area contributed by atoms with Gasteiger partial charge in [-0.3, -0.25) is 14.7 Å². The molecule has 170 valence electrons. The van der Waals surface area contributed by atoms with Crippen molar-refractivity contribution in [3.63, 3.8) is 0 Å². The lowest BCUT2D eigenvalue weighted by Gasteiger charge is -2.55. The minimum atomic E-state index is -0.0322. The second-order valence-electron chi connectivity index (χ2n) is 10.1. The normalized spacial score (nSPS) is 23.7. The van der Waals surface area contributed by atoms with Gasteiger partial charge in [-0.1, -0.05) is 49.8 Å². The predicted molar refractivity (Wildman–Crippen MR) is 128 cm³/mol. The number of carbonyl (C=O) groups excluding carboxylic acids is 1. The van der Waals surface area contributed by atoms with Gasteiger partial charge in [-0.25, -0.2) is 4.68 Å². The van der Waals surface area contributed by atoms with Crippen LogP contribution < -0.4 is 4.90 Å². The molecule has 2 fully saturated rings. The fraction of sp³-hybridized carbons (Fsp3) is 0.481. The van der Waals surface area contributed by atoms with Gasteiger partial charge in [-0.05, 0) is 56.9 Å². The van der Waals surface area contributed by atoms with E-state index < -0.39 is 0 Å². The van der Waals surface area contributed by atoms with Crippen LogP contribution in [0.25, 0.3) is 11.4 Å². The topological polar surface area (TPSA) is 63.9 Å². The summed E-state index contributed by atoms with van der Waals surface area (Å²) in [5.74, 6) is 1.87. The average Bonchev–Trinajstić information content (AvgIpc) is 3.31. The predicted octanol–water partition coefficient (Wildman–Crippen LogP) is 5.53. The fourth-order valence-electron chi connectivity index (χ4n) is 6.63. The molecule has 6 nitrogen and oxygen atoms in total. The van der Waals surface area contributed by atoms with Gasteiger partial charge in [0.2, 0.25) is 5.95 Å². The van der Waals surface area contributed by atoms with Crippen LogP contribution in [0.2, 0.25) is 0 Å². The largest absolute Gasteiger partial charge is 0.273 e. The summed E-state index contributed by atoms with van der Waals surface area (Å²) in [6, 6.07) is 12.0. The van der Waals surface area contributed by atoms with Crippen molar-refractivity contribution in [1.29, 1.82) is 0 Å². The summed E-state index contributed by atoms with van der Waals surface area (Å²) in [5.41, 5.74) is 2.70. The van der Waals surface area contributed by atoms with Crippen molar-refractivity contribution < 1.29 is 4.79 Å². The summed E-state index contributed by atoms with van der Waals surface area (Å²) >= 11 is 0. The van der Waals surface area contributed by atoms with Crippen molar-refractivity contribution in [3.8, 4) is 11.4 Å². The van der Waals surface area contributed by atoms with Gasteiger partial charge in [-0.15, -0.1) is 5.10 Å². The molecule has 3 aliphatic rings. The molecule has 6 rings (SSSR count). The molecule has 3 aromatic rings. The fourth-order valence-corrected chi connectivity index (χ4v) is 6.63. The second kappa shape index (κ2) is 8.08. The van der Waals surface area contributed by atoms with Gasteiger partial charge in [-0.2, -0.15) is 4.98 Å². The highest BCUT2D eigenvalue weighted by Gasteiger charge is 2.55. The number of rotatable bonds is 2. The van der Waals surface area contributed by atoms with E-state index in [0.717, 1.165) is 48.3 Å². The van der Waals surface area contributed by atoms with Crippen LogP contribution in [0.4, 0.5) is 5.95 Å². The van der Waals surface area contributed by atoms with Gasteiger partial charge >= 0.3 is 0 Å². The highest BCUT2D eigenvalue weighted by atomic mass is 16.2. The van der Waals surface area contributed by atoms with Crippen molar-refractivity contribution in [2.45, 2.75) is 76.3 Å². The second-order valence-corrected chi connectivity index (χ2v) is 10.1. The number of fused-ring (bicyclic) bond motifs is 4. The van der Waals surface area contributed by atoms with Crippen LogP contribution in [0.5, 0.6) is 0 Å². The smallest absolute Gasteiger partial charge is 0.260 e. The van der Waals surface area contributed by atoms with E-state index in [0.29, 0.717) is 11.7 Å². The van der Waals surface area contributed by atoms with Crippen LogP contribution >= 0.6 is 0 Å². The molecule has 33 heavy (non-hydrogen) atoms. The molecule has 2 aliphatic carbocycles. The molecule has 3 heterocycles. The first-order valence-corrected chi connectivity index (χ1v) is 12.5. The van der Waals surface area contributed by atoms with Crippen molar-refractivity contribution >= 4 is 11.9 Å². The van der Waals surface area contributed by atoms with Crippen LogP contribution in [-0.2, 0) is 5.54 Å². The summed E-state index contributed by atoms with van der Waals surface area (Å²) in [5, 5.41) is 5.10. The zero-order chi connectivity index (χ0) is 22.4. The SMILES string of the molecule is Cc1cccc(C(=O)N2c3nc(-c4cccnc4)nn3C3(CCCCC3)[C@@H]3CCCC[C@@H]32)c1. The van der Waals surface area contributed by atoms with Gasteiger partial charge in [0.05, 0.1) is 5.54 Å². The summed E-state index contributed by atoms with van der Waals surface area (Å²) in [6.45, 7) is 2.04. The summed E-state index contributed by atoms with van der Waals surface area (Å²) in [7, 11) is 0. The molecule has 0 saturated heterocycles. The van der Waals surface area contributed by atoms with Crippen LogP contribution in [0.15, 0.2) is 48.8 Å². The molecular formula is C27H31N5O. The highest BCUT2D eigenvalue weighted by Crippen LogP contribution is 2.53. The molecule has 0 bridgehead atoms. The van der Waals surface area contributed by atoms with Crippen molar-refractivity contribution in [1.82, 2.24) is 19.7 Å². The molecule has 0 N–H and O–H groups in total. The Hall–Kier alpha value is -3.02. The Morgan fingerprint density at radius 2 is 1.88 bits per heavy atom.